The highest BCUT2D eigenvalue weighted by molar-refractivity contribution is 6.99. The highest BCUT2D eigenvalue weighted by Crippen LogP contribution is 2.27. The minimum absolute atomic E-state index is 0.245. The maximum atomic E-state index is 12.5. The molecule has 0 unspecified atom stereocenters. The van der Waals surface area contributed by atoms with E-state index in [-0.39, 0.29) is 5.56 Å². The standard InChI is InChI=1S/C24H27N9O3S/c1-31(2)23-26-22(27-24(28-23)32(3)4)25-16-8-10-17(11-9-16)29-33-30-21(34)20(37-33)14-15-7-12-18(35-5)19(13-15)36-6/h7-14H,1-6H3,(H,30,34)/p+1/b20-14-. The van der Waals surface area contributed by atoms with Gasteiger partial charge in [-0.15, -0.1) is 0 Å². The van der Waals surface area contributed by atoms with E-state index in [1.807, 2.05) is 68.3 Å². The van der Waals surface area contributed by atoms with Crippen LogP contribution >= 0.6 is 11.5 Å². The van der Waals surface area contributed by atoms with Crippen molar-refractivity contribution in [1.82, 2.24) is 20.1 Å². The maximum absolute atomic E-state index is 12.5. The second-order valence-corrected chi connectivity index (χ2v) is 9.22. The molecule has 4 aromatic rings. The van der Waals surface area contributed by atoms with Gasteiger partial charge in [0.15, 0.2) is 16.0 Å². The van der Waals surface area contributed by atoms with Crippen LogP contribution in [0.5, 0.6) is 11.5 Å². The van der Waals surface area contributed by atoms with E-state index in [4.69, 9.17) is 9.47 Å². The topological polar surface area (TPSA) is 127 Å². The summed E-state index contributed by atoms with van der Waals surface area (Å²) in [6, 6.07) is 12.8. The number of benzene rings is 2. The molecular formula is C24H28N9O3S+. The first-order chi connectivity index (χ1) is 17.7. The molecule has 0 radical (unpaired) electrons. The largest absolute Gasteiger partial charge is 0.493 e. The van der Waals surface area contributed by atoms with Crippen LogP contribution in [0.1, 0.15) is 5.56 Å². The van der Waals surface area contributed by atoms with Gasteiger partial charge in [-0.1, -0.05) is 11.2 Å². The molecule has 4 rings (SSSR count). The van der Waals surface area contributed by atoms with Crippen LogP contribution in [0.3, 0.4) is 0 Å². The first-order valence-electron chi connectivity index (χ1n) is 11.2. The summed E-state index contributed by atoms with van der Waals surface area (Å²) in [7, 11) is 10.6. The monoisotopic (exact) mass is 522 g/mol. The number of methoxy groups -OCH3 is 2. The zero-order valence-corrected chi connectivity index (χ0v) is 22.2. The highest BCUT2D eigenvalue weighted by Gasteiger charge is 2.11. The Labute approximate surface area is 217 Å². The molecule has 37 heavy (non-hydrogen) atoms. The molecule has 2 N–H and O–H groups in total. The number of aromatic nitrogens is 5. The minimum atomic E-state index is -0.245. The van der Waals surface area contributed by atoms with Crippen LogP contribution in [0.4, 0.5) is 29.2 Å². The Morgan fingerprint density at radius 2 is 1.59 bits per heavy atom. The van der Waals surface area contributed by atoms with Crippen LogP contribution in [0, 0.1) is 0 Å². The average molecular weight is 523 g/mol. The summed E-state index contributed by atoms with van der Waals surface area (Å²) in [6.07, 6.45) is 1.77. The number of H-pyrrole nitrogens is 1. The Morgan fingerprint density at radius 3 is 2.19 bits per heavy atom. The van der Waals surface area contributed by atoms with Gasteiger partial charge in [-0.25, -0.2) is 0 Å². The van der Waals surface area contributed by atoms with Crippen LogP contribution in [0.15, 0.2) is 52.4 Å². The SMILES string of the molecule is COc1ccc(/C=c2\s[n+](=Nc3ccc(Nc4nc(N(C)C)nc(N(C)C)n4)cc3)[nH]c2=O)cc1OC. The summed E-state index contributed by atoms with van der Waals surface area (Å²) in [4.78, 5) is 29.4. The zero-order valence-electron chi connectivity index (χ0n) is 21.4. The third-order valence-electron chi connectivity index (χ3n) is 5.05. The second-order valence-electron chi connectivity index (χ2n) is 8.25. The first-order valence-corrected chi connectivity index (χ1v) is 12.0. The summed E-state index contributed by atoms with van der Waals surface area (Å²) in [5.74, 6) is 2.73. The van der Waals surface area contributed by atoms with Crippen LogP contribution in [0.2, 0.25) is 0 Å². The van der Waals surface area contributed by atoms with Gasteiger partial charge in [-0.05, 0) is 48.0 Å². The molecule has 0 spiro atoms. The number of nitrogens with one attached hydrogen (secondary N) is 2. The molecular weight excluding hydrogens is 494 g/mol. The van der Waals surface area contributed by atoms with Gasteiger partial charge in [0.2, 0.25) is 29.4 Å². The predicted molar refractivity (Wildman–Crippen MR) is 144 cm³/mol. The fraction of sp³-hybridized carbons (Fsp3) is 0.250. The van der Waals surface area contributed by atoms with Crippen molar-refractivity contribution in [2.75, 3.05) is 57.5 Å². The summed E-state index contributed by atoms with van der Waals surface area (Å²) >= 11 is 1.19. The molecule has 0 aliphatic heterocycles. The van der Waals surface area contributed by atoms with Crippen molar-refractivity contribution in [3.63, 3.8) is 0 Å². The molecule has 0 saturated carbocycles. The van der Waals surface area contributed by atoms with E-state index >= 15 is 0 Å². The predicted octanol–water partition coefficient (Wildman–Crippen LogP) is 1.99. The van der Waals surface area contributed by atoms with Gasteiger partial charge in [0.1, 0.15) is 9.56 Å². The van der Waals surface area contributed by atoms with Crippen LogP contribution in [0.25, 0.3) is 6.08 Å². The molecule has 0 saturated heterocycles. The van der Waals surface area contributed by atoms with Gasteiger partial charge in [0, 0.05) is 39.0 Å². The molecule has 13 heteroatoms. The molecule has 0 aliphatic carbocycles. The van der Waals surface area contributed by atoms with E-state index in [0.717, 1.165) is 11.3 Å². The molecule has 2 heterocycles. The van der Waals surface area contributed by atoms with E-state index in [1.165, 1.54) is 15.4 Å². The Hall–Kier alpha value is -4.52. The van der Waals surface area contributed by atoms with Crippen molar-refractivity contribution in [2.45, 2.75) is 0 Å². The summed E-state index contributed by atoms with van der Waals surface area (Å²) in [6.45, 7) is 0. The maximum Gasteiger partial charge on any atom is 0.325 e. The van der Waals surface area contributed by atoms with Crippen molar-refractivity contribution in [1.29, 1.82) is 0 Å². The van der Waals surface area contributed by atoms with Crippen LogP contribution in [-0.2, 0) is 0 Å². The van der Waals surface area contributed by atoms with Crippen molar-refractivity contribution in [2.24, 2.45) is 5.11 Å². The van der Waals surface area contributed by atoms with E-state index in [1.54, 1.807) is 32.4 Å². The lowest BCUT2D eigenvalue weighted by molar-refractivity contribution is -0.537. The Morgan fingerprint density at radius 1 is 0.946 bits per heavy atom. The molecule has 0 bridgehead atoms. The third kappa shape index (κ3) is 6.19. The Balaban J connectivity index is 1.57. The number of aromatic amines is 1. The lowest BCUT2D eigenvalue weighted by Crippen LogP contribution is -2.22. The van der Waals surface area contributed by atoms with E-state index in [0.29, 0.717) is 39.6 Å². The molecule has 192 valence electrons. The number of anilines is 4. The van der Waals surface area contributed by atoms with Gasteiger partial charge >= 0.3 is 5.56 Å². The van der Waals surface area contributed by atoms with Gasteiger partial charge in [0.25, 0.3) is 0 Å². The van der Waals surface area contributed by atoms with Gasteiger partial charge < -0.3 is 24.6 Å². The highest BCUT2D eigenvalue weighted by atomic mass is 32.1. The van der Waals surface area contributed by atoms with Crippen molar-refractivity contribution in [3.05, 3.63) is 62.9 Å². The summed E-state index contributed by atoms with van der Waals surface area (Å²) < 4.78 is 12.5. The Kier molecular flexibility index (Phi) is 7.63. The minimum Gasteiger partial charge on any atom is -0.493 e. The molecule has 12 nitrogen and oxygen atoms in total. The molecule has 2 aromatic carbocycles. The molecule has 0 fully saturated rings. The number of nitrogens with zero attached hydrogens (tertiary/aromatic N) is 7. The van der Waals surface area contributed by atoms with Crippen molar-refractivity contribution in [3.8, 4) is 11.5 Å². The number of hydrogen-bond donors (Lipinski definition) is 2. The van der Waals surface area contributed by atoms with Crippen LogP contribution in [-0.4, -0.2) is 62.5 Å². The van der Waals surface area contributed by atoms with Crippen molar-refractivity contribution >= 4 is 46.8 Å². The number of ether oxygens (including phenoxy) is 2. The van der Waals surface area contributed by atoms with Crippen LogP contribution < -0.4 is 38.6 Å². The average Bonchev–Trinajstić information content (AvgIpc) is 3.22. The summed E-state index contributed by atoms with van der Waals surface area (Å²) in [5.41, 5.74) is 2.00. The zero-order chi connectivity index (χ0) is 26.5. The van der Waals surface area contributed by atoms with Gasteiger partial charge in [0.05, 0.1) is 14.2 Å². The molecule has 0 aliphatic rings. The number of rotatable bonds is 8. The van der Waals surface area contributed by atoms with Crippen molar-refractivity contribution < 1.29 is 13.3 Å². The fourth-order valence-corrected chi connectivity index (χ4v) is 3.95. The quantitative estimate of drug-likeness (QED) is 0.334. The molecule has 0 atom stereocenters. The second kappa shape index (κ2) is 11.0. The lowest BCUT2D eigenvalue weighted by atomic mass is 10.2. The fourth-order valence-electron chi connectivity index (χ4n) is 3.19. The smallest absolute Gasteiger partial charge is 0.325 e. The van der Waals surface area contributed by atoms with Gasteiger partial charge in [-0.3, -0.25) is 4.79 Å². The Bertz CT molecular complexity index is 1540. The third-order valence-corrected chi connectivity index (χ3v) is 5.90. The lowest BCUT2D eigenvalue weighted by Gasteiger charge is -2.16. The van der Waals surface area contributed by atoms with Gasteiger partial charge in [-0.2, -0.15) is 15.0 Å². The van der Waals surface area contributed by atoms with E-state index < -0.39 is 0 Å². The van der Waals surface area contributed by atoms with E-state index in [9.17, 15) is 4.79 Å². The van der Waals surface area contributed by atoms with E-state index in [2.05, 4.69) is 30.5 Å². The molecule has 0 amide bonds. The molecule has 2 aromatic heterocycles. The normalized spacial score (nSPS) is 11.9. The first kappa shape index (κ1) is 25.6. The number of hydrogen-bond acceptors (Lipinski definition) is 11. The summed E-state index contributed by atoms with van der Waals surface area (Å²) in [5, 5.41) is 10.4.